The fraction of sp³-hybridized carbons (Fsp3) is 0.474. The van der Waals surface area contributed by atoms with Crippen LogP contribution in [0, 0.1) is 17.6 Å². The topological polar surface area (TPSA) is 9.23 Å². The number of halogens is 2. The van der Waals surface area contributed by atoms with Gasteiger partial charge in [-0.25, -0.2) is 4.39 Å². The molecule has 0 N–H and O–H groups in total. The molecule has 0 amide bonds. The molecular weight excluding hydrogens is 282 g/mol. The van der Waals surface area contributed by atoms with E-state index in [1.54, 1.807) is 12.1 Å². The Balaban J connectivity index is 2.10. The predicted octanol–water partition coefficient (Wildman–Crippen LogP) is 5.90. The summed E-state index contributed by atoms with van der Waals surface area (Å²) >= 11 is 0. The van der Waals surface area contributed by atoms with Gasteiger partial charge in [0.2, 0.25) is 5.82 Å². The van der Waals surface area contributed by atoms with Gasteiger partial charge in [0.05, 0.1) is 6.61 Å². The summed E-state index contributed by atoms with van der Waals surface area (Å²) in [5, 5.41) is 0. The summed E-state index contributed by atoms with van der Waals surface area (Å²) in [5.74, 6) is -1.22. The fourth-order valence-electron chi connectivity index (χ4n) is 2.74. The molecule has 0 bridgehead atoms. The average Bonchev–Trinajstić information content (AvgIpc) is 2.55. The molecule has 0 heterocycles. The molecule has 1 aliphatic rings. The maximum Gasteiger partial charge on any atom is 0.201 e. The van der Waals surface area contributed by atoms with Crippen LogP contribution in [0.25, 0.3) is 5.57 Å². The summed E-state index contributed by atoms with van der Waals surface area (Å²) in [5.41, 5.74) is 1.24. The third-order valence-electron chi connectivity index (χ3n) is 4.18. The standard InChI is InChI=1S/C19H24F2O/c1-3-5-6-13-22-17-12-11-16(18(20)19(17)21)15-9-7-14(4-2)8-10-15/h4,9,11-12,14H,2-3,5-8,10,13H2,1H3. The van der Waals surface area contributed by atoms with Gasteiger partial charge in [0.1, 0.15) is 0 Å². The highest BCUT2D eigenvalue weighted by molar-refractivity contribution is 5.67. The van der Waals surface area contributed by atoms with Gasteiger partial charge in [-0.3, -0.25) is 0 Å². The molecule has 3 heteroatoms. The second kappa shape index (κ2) is 8.11. The van der Waals surface area contributed by atoms with Crippen LogP contribution in [0.2, 0.25) is 0 Å². The Kier molecular flexibility index (Phi) is 6.17. The summed E-state index contributed by atoms with van der Waals surface area (Å²) in [6.07, 6.45) is 9.41. The van der Waals surface area contributed by atoms with E-state index in [1.807, 2.05) is 12.2 Å². The minimum absolute atomic E-state index is 0.0118. The number of allylic oxidation sites excluding steroid dienone is 3. The van der Waals surface area contributed by atoms with Gasteiger partial charge < -0.3 is 4.74 Å². The van der Waals surface area contributed by atoms with Crippen molar-refractivity contribution in [1.82, 2.24) is 0 Å². The van der Waals surface area contributed by atoms with Gasteiger partial charge in [0.25, 0.3) is 0 Å². The van der Waals surface area contributed by atoms with Crippen LogP contribution >= 0.6 is 0 Å². The molecule has 0 aliphatic heterocycles. The third kappa shape index (κ3) is 3.96. The number of hydrogen-bond donors (Lipinski definition) is 0. The van der Waals surface area contributed by atoms with Crippen molar-refractivity contribution in [2.24, 2.45) is 5.92 Å². The van der Waals surface area contributed by atoms with Crippen LogP contribution in [0.4, 0.5) is 8.78 Å². The zero-order valence-electron chi connectivity index (χ0n) is 13.2. The number of rotatable bonds is 7. The molecule has 1 nitrogen and oxygen atoms in total. The lowest BCUT2D eigenvalue weighted by Gasteiger charge is -2.20. The molecule has 0 spiro atoms. The van der Waals surface area contributed by atoms with Crippen molar-refractivity contribution in [3.63, 3.8) is 0 Å². The lowest BCUT2D eigenvalue weighted by Crippen LogP contribution is -2.06. The van der Waals surface area contributed by atoms with Crippen LogP contribution in [-0.4, -0.2) is 6.61 Å². The Morgan fingerprint density at radius 2 is 2.09 bits per heavy atom. The van der Waals surface area contributed by atoms with Crippen molar-refractivity contribution in [2.75, 3.05) is 6.61 Å². The Morgan fingerprint density at radius 1 is 1.27 bits per heavy atom. The van der Waals surface area contributed by atoms with Crippen LogP contribution in [0.1, 0.15) is 51.0 Å². The first-order valence-electron chi connectivity index (χ1n) is 8.10. The van der Waals surface area contributed by atoms with E-state index in [1.165, 1.54) is 0 Å². The van der Waals surface area contributed by atoms with Gasteiger partial charge in [-0.1, -0.05) is 31.9 Å². The molecule has 1 aromatic rings. The number of ether oxygens (including phenoxy) is 1. The number of unbranched alkanes of at least 4 members (excludes halogenated alkanes) is 2. The molecule has 0 saturated heterocycles. The van der Waals surface area contributed by atoms with Gasteiger partial charge in [-0.2, -0.15) is 4.39 Å². The first-order valence-corrected chi connectivity index (χ1v) is 8.10. The quantitative estimate of drug-likeness (QED) is 0.450. The molecule has 1 unspecified atom stereocenters. The molecule has 1 aliphatic carbocycles. The van der Waals surface area contributed by atoms with Crippen molar-refractivity contribution >= 4 is 5.57 Å². The monoisotopic (exact) mass is 306 g/mol. The Labute approximate surface area is 131 Å². The van der Waals surface area contributed by atoms with Crippen LogP contribution in [0.3, 0.4) is 0 Å². The summed E-state index contributed by atoms with van der Waals surface area (Å²) in [6, 6.07) is 3.17. The molecule has 0 aromatic heterocycles. The highest BCUT2D eigenvalue weighted by Gasteiger charge is 2.20. The molecule has 1 atom stereocenters. The smallest absolute Gasteiger partial charge is 0.201 e. The van der Waals surface area contributed by atoms with E-state index in [4.69, 9.17) is 4.74 Å². The van der Waals surface area contributed by atoms with Crippen molar-refractivity contribution in [2.45, 2.75) is 45.4 Å². The van der Waals surface area contributed by atoms with Gasteiger partial charge in [-0.05, 0) is 49.3 Å². The maximum absolute atomic E-state index is 14.3. The molecule has 0 radical (unpaired) electrons. The zero-order chi connectivity index (χ0) is 15.9. The highest BCUT2D eigenvalue weighted by atomic mass is 19.2. The van der Waals surface area contributed by atoms with Gasteiger partial charge >= 0.3 is 0 Å². The summed E-state index contributed by atoms with van der Waals surface area (Å²) < 4.78 is 33.8. The summed E-state index contributed by atoms with van der Waals surface area (Å²) in [7, 11) is 0. The van der Waals surface area contributed by atoms with E-state index in [2.05, 4.69) is 13.5 Å². The van der Waals surface area contributed by atoms with E-state index >= 15 is 0 Å². The SMILES string of the molecule is C=CC1CC=C(c2ccc(OCCCCC)c(F)c2F)CC1. The Morgan fingerprint density at radius 3 is 2.73 bits per heavy atom. The van der Waals surface area contributed by atoms with Crippen LogP contribution < -0.4 is 4.74 Å². The molecule has 120 valence electrons. The third-order valence-corrected chi connectivity index (χ3v) is 4.18. The molecule has 22 heavy (non-hydrogen) atoms. The average molecular weight is 306 g/mol. The Hall–Kier alpha value is -1.64. The van der Waals surface area contributed by atoms with Gasteiger partial charge in [0.15, 0.2) is 11.6 Å². The van der Waals surface area contributed by atoms with E-state index in [-0.39, 0.29) is 5.75 Å². The van der Waals surface area contributed by atoms with E-state index in [9.17, 15) is 8.78 Å². The molecule has 0 saturated carbocycles. The van der Waals surface area contributed by atoms with E-state index in [0.717, 1.165) is 44.1 Å². The van der Waals surface area contributed by atoms with E-state index in [0.29, 0.717) is 18.1 Å². The second-order valence-electron chi connectivity index (χ2n) is 5.79. The molecule has 0 fully saturated rings. The maximum atomic E-state index is 14.3. The minimum atomic E-state index is -0.874. The minimum Gasteiger partial charge on any atom is -0.490 e. The second-order valence-corrected chi connectivity index (χ2v) is 5.79. The lowest BCUT2D eigenvalue weighted by atomic mass is 9.86. The van der Waals surface area contributed by atoms with E-state index < -0.39 is 11.6 Å². The zero-order valence-corrected chi connectivity index (χ0v) is 13.2. The normalized spacial score (nSPS) is 18.0. The summed E-state index contributed by atoms with van der Waals surface area (Å²) in [6.45, 7) is 6.30. The number of benzene rings is 1. The van der Waals surface area contributed by atoms with Crippen LogP contribution in [-0.2, 0) is 0 Å². The van der Waals surface area contributed by atoms with Crippen molar-refractivity contribution < 1.29 is 13.5 Å². The Bertz CT molecular complexity index is 549. The molecular formula is C19H24F2O. The predicted molar refractivity (Wildman–Crippen MR) is 86.9 cm³/mol. The van der Waals surface area contributed by atoms with Crippen LogP contribution in [0.15, 0.2) is 30.9 Å². The first kappa shape index (κ1) is 16.7. The van der Waals surface area contributed by atoms with Crippen LogP contribution in [0.5, 0.6) is 5.75 Å². The highest BCUT2D eigenvalue weighted by Crippen LogP contribution is 2.34. The summed E-state index contributed by atoms with van der Waals surface area (Å²) in [4.78, 5) is 0. The van der Waals surface area contributed by atoms with Gasteiger partial charge in [0, 0.05) is 5.56 Å². The molecule has 2 rings (SSSR count). The number of hydrogen-bond acceptors (Lipinski definition) is 1. The van der Waals surface area contributed by atoms with Crippen molar-refractivity contribution in [3.05, 3.63) is 48.1 Å². The molecule has 1 aromatic carbocycles. The lowest BCUT2D eigenvalue weighted by molar-refractivity contribution is 0.286. The fourth-order valence-corrected chi connectivity index (χ4v) is 2.74. The van der Waals surface area contributed by atoms with Gasteiger partial charge in [-0.15, -0.1) is 6.58 Å². The largest absolute Gasteiger partial charge is 0.490 e. The first-order chi connectivity index (χ1) is 10.7. The van der Waals surface area contributed by atoms with Crippen molar-refractivity contribution in [1.29, 1.82) is 0 Å². The van der Waals surface area contributed by atoms with Crippen molar-refractivity contribution in [3.8, 4) is 5.75 Å².